The number of nitrogens with zero attached hydrogens (tertiary/aromatic N) is 1. The van der Waals surface area contributed by atoms with E-state index in [-0.39, 0.29) is 75.7 Å². The minimum absolute atomic E-state index is 0.0282. The van der Waals surface area contributed by atoms with Gasteiger partial charge in [0.1, 0.15) is 48.8 Å². The average Bonchev–Trinajstić information content (AvgIpc) is 0.784. The number of nitrogens with one attached hydrogen (secondary N) is 8. The van der Waals surface area contributed by atoms with Crippen molar-refractivity contribution in [3.8, 4) is 0 Å². The Bertz CT molecular complexity index is 3130. The third kappa shape index (κ3) is 48.1. The third-order valence-electron chi connectivity index (χ3n) is 18.0. The maximum atomic E-state index is 14.1. The molecule has 0 spiro atoms. The molecule has 16 N–H and O–H groups in total. The first-order chi connectivity index (χ1) is 52.3. The van der Waals surface area contributed by atoms with Gasteiger partial charge in [0.2, 0.25) is 35.4 Å². The van der Waals surface area contributed by atoms with Crippen LogP contribution >= 0.6 is 7.82 Å². The number of amides is 7. The Morgan fingerprint density at radius 2 is 1.01 bits per heavy atom. The van der Waals surface area contributed by atoms with E-state index in [4.69, 9.17) is 45.6 Å². The van der Waals surface area contributed by atoms with Crippen molar-refractivity contribution in [1.82, 2.24) is 31.9 Å². The summed E-state index contributed by atoms with van der Waals surface area (Å²) in [7, 11) is -4.82. The summed E-state index contributed by atoms with van der Waals surface area (Å²) >= 11 is 0. The van der Waals surface area contributed by atoms with Crippen LogP contribution in [0.3, 0.4) is 0 Å². The fourth-order valence-corrected chi connectivity index (χ4v) is 12.5. The van der Waals surface area contributed by atoms with Gasteiger partial charge in [-0.25, -0.2) is 9.36 Å². The predicted octanol–water partition coefficient (Wildman–Crippen LogP) is 7.91. The smallest absolute Gasteiger partial charge is 0.472 e. The van der Waals surface area contributed by atoms with Crippen LogP contribution in [0.2, 0.25) is 0 Å². The number of carbonyl (C=O) groups excluding carboxylic acids is 9. The Labute approximate surface area is 643 Å². The number of phosphoric ester groups is 1. The fraction of sp³-hybridized carbons (Fsp3) is 0.724. The van der Waals surface area contributed by atoms with Crippen LogP contribution in [0.1, 0.15) is 258 Å². The molecule has 0 heterocycles. The monoisotopic (exact) mass is 1560 g/mol. The summed E-state index contributed by atoms with van der Waals surface area (Å²) in [6.07, 6.45) is 32.3. The minimum atomic E-state index is -4.82. The Morgan fingerprint density at radius 1 is 0.514 bits per heavy atom. The maximum Gasteiger partial charge on any atom is 0.472 e. The molecule has 6 atom stereocenters. The Kier molecular flexibility index (Phi) is 53.0. The number of carboxylic acids is 1. The molecule has 0 saturated heterocycles. The van der Waals surface area contributed by atoms with Gasteiger partial charge in [-0.3, -0.25) is 66.8 Å². The highest BCUT2D eigenvalue weighted by molar-refractivity contribution is 7.47. The molecule has 618 valence electrons. The number of rotatable bonds is 68. The van der Waals surface area contributed by atoms with Crippen LogP contribution in [-0.4, -0.2) is 165 Å². The molecule has 7 amide bonds. The van der Waals surface area contributed by atoms with Gasteiger partial charge in [-0.2, -0.15) is 0 Å². The second-order valence-electron chi connectivity index (χ2n) is 27.9. The second-order valence-corrected chi connectivity index (χ2v) is 29.4. The summed E-state index contributed by atoms with van der Waals surface area (Å²) in [6.45, 7) is 3.77. The number of esters is 2. The highest BCUT2D eigenvalue weighted by atomic mass is 31.2. The molecule has 0 bridgehead atoms. The van der Waals surface area contributed by atoms with E-state index in [0.717, 1.165) is 51.4 Å². The largest absolute Gasteiger partial charge is 0.481 e. The summed E-state index contributed by atoms with van der Waals surface area (Å²) < 4.78 is 39.4. The zero-order valence-electron chi connectivity index (χ0n) is 65.0. The Balaban J connectivity index is 1.94. The highest BCUT2D eigenvalue weighted by Gasteiger charge is 2.33. The summed E-state index contributed by atoms with van der Waals surface area (Å²) in [5.41, 5.74) is 14.2. The number of aliphatic imine (C=N–C) groups is 1. The summed E-state index contributed by atoms with van der Waals surface area (Å²) in [4.78, 5) is 169. The van der Waals surface area contributed by atoms with Gasteiger partial charge < -0.3 is 83.9 Å². The molecule has 0 saturated carbocycles. The number of carbonyl (C=O) groups is 10. The number of benzene rings is 1. The number of aliphatic carboxylic acids is 1. The van der Waals surface area contributed by atoms with Gasteiger partial charge in [-0.1, -0.05) is 238 Å². The van der Waals surface area contributed by atoms with Gasteiger partial charge in [0.15, 0.2) is 12.1 Å². The lowest BCUT2D eigenvalue weighted by atomic mass is 10.00. The average molecular weight is 1560 g/mol. The predicted molar refractivity (Wildman–Crippen MR) is 416 cm³/mol. The van der Waals surface area contributed by atoms with Crippen molar-refractivity contribution in [1.29, 1.82) is 0 Å². The van der Waals surface area contributed by atoms with Crippen LogP contribution in [-0.2, 0) is 77.4 Å². The van der Waals surface area contributed by atoms with Crippen molar-refractivity contribution in [3.05, 3.63) is 56.3 Å². The van der Waals surface area contributed by atoms with E-state index in [2.05, 4.69) is 61.4 Å². The number of alkyl carbamates (subject to hydrolysis) is 1. The molecule has 2 rings (SSSR count). The Morgan fingerprint density at radius 3 is 1.51 bits per heavy atom. The van der Waals surface area contributed by atoms with Gasteiger partial charge in [0, 0.05) is 38.9 Å². The second kappa shape index (κ2) is 59.6. The van der Waals surface area contributed by atoms with Gasteiger partial charge >= 0.3 is 31.8 Å². The quantitative estimate of drug-likeness (QED) is 0.00568. The summed E-state index contributed by atoms with van der Waals surface area (Å²) in [6, 6.07) is 2.84. The zero-order valence-corrected chi connectivity index (χ0v) is 65.9. The number of nitrogens with two attached hydrogens (primary N) is 3. The van der Waals surface area contributed by atoms with Crippen molar-refractivity contribution in [3.63, 3.8) is 0 Å². The molecule has 0 fully saturated rings. The number of unbranched alkanes of at least 4 members (excludes halogenated alkanes) is 28. The lowest BCUT2D eigenvalue weighted by molar-refractivity contribution is -0.161. The van der Waals surface area contributed by atoms with Crippen LogP contribution in [0, 0.1) is 5.92 Å². The van der Waals surface area contributed by atoms with E-state index in [1.807, 2.05) is 0 Å². The molecule has 0 aromatic heterocycles. The SMILES string of the molecule is CCCCCCCCCCCCCCCCCC(=O)OCC(COP(=O)(O)OCCNC(=O)OCCNc1c(NCC(=O)NC(Cc2ccccc2)C(=O)NC(C(=O)N[C@@H](CCCN=C(N)N)C(=O)NCC(=O)N[C@@H](CC(=O)O)C(N)=O)C(C)C)c(=O)c1=O)OC(=O)CCCCCCCCCCCCCCCCC. The van der Waals surface area contributed by atoms with Gasteiger partial charge in [0.25, 0.3) is 10.9 Å². The van der Waals surface area contributed by atoms with E-state index >= 15 is 0 Å². The van der Waals surface area contributed by atoms with E-state index in [0.29, 0.717) is 18.4 Å². The molecule has 32 nitrogen and oxygen atoms in total. The van der Waals surface area contributed by atoms with Crippen molar-refractivity contribution in [2.45, 2.75) is 289 Å². The number of hydrogen-bond donors (Lipinski definition) is 13. The maximum absolute atomic E-state index is 14.1. The molecular formula is C76H129N12O20P. The molecule has 2 aromatic rings. The standard InChI is InChI=1S/C76H129N12O20P/c1-5-7-9-11-13-15-17-19-21-23-25-27-29-31-36-42-64(93)105-53-57(108-65(94)43-37-32-30-28-26-24-22-20-18-16-14-12-10-8-6-2)54-107-109(102,103)106-48-46-82-76(101)104-47-45-80-67-68(70(96)69(67)95)83-51-61(89)86-60(49-56-39-34-33-35-40-56)73(99)88-66(55(3)4)74(100)87-58(41-38-44-81-75(78)79)72(98)84-52-62(90)85-59(71(77)97)50-63(91)92/h33-35,39-40,55,57-60,66,80,83H,5-32,36-38,41-54H2,1-4H3,(H2,77,97)(H,82,101)(H,84,98)(H,85,90)(H,86,89)(H,87,100)(H,88,99)(H,91,92)(H,102,103)(H4,78,79,81)/t57?,58-,59-,60?,66?/m0/s1. The van der Waals surface area contributed by atoms with Crippen LogP contribution in [0.25, 0.3) is 0 Å². The molecule has 4 unspecified atom stereocenters. The number of carboxylic acid groups (broad SMARTS) is 1. The lowest BCUT2D eigenvalue weighted by Crippen LogP contribution is -2.59. The molecule has 2 aromatic carbocycles. The lowest BCUT2D eigenvalue weighted by Gasteiger charge is -2.27. The van der Waals surface area contributed by atoms with Gasteiger partial charge in [-0.05, 0) is 37.2 Å². The highest BCUT2D eigenvalue weighted by Crippen LogP contribution is 2.43. The molecule has 0 aliphatic rings. The summed E-state index contributed by atoms with van der Waals surface area (Å²) in [5, 5.41) is 28.9. The van der Waals surface area contributed by atoms with E-state index < -0.39 is 154 Å². The van der Waals surface area contributed by atoms with E-state index in [9.17, 15) is 67.0 Å². The molecule has 0 radical (unpaired) electrons. The van der Waals surface area contributed by atoms with Crippen LogP contribution < -0.4 is 70.6 Å². The number of ether oxygens (including phenoxy) is 3. The van der Waals surface area contributed by atoms with Crippen molar-refractivity contribution >= 4 is 84.6 Å². The molecule has 0 aliphatic carbocycles. The fourth-order valence-electron chi connectivity index (χ4n) is 11.8. The van der Waals surface area contributed by atoms with Crippen LogP contribution in [0.4, 0.5) is 16.2 Å². The number of hydrogen-bond acceptors (Lipinski definition) is 21. The van der Waals surface area contributed by atoms with Crippen molar-refractivity contribution in [2.24, 2.45) is 28.1 Å². The van der Waals surface area contributed by atoms with E-state index in [1.165, 1.54) is 128 Å². The number of phosphoric acid groups is 1. The number of anilines is 2. The summed E-state index contributed by atoms with van der Waals surface area (Å²) in [5.74, 6) is -8.88. The molecule has 0 aliphatic heterocycles. The number of primary amides is 1. The first-order valence-corrected chi connectivity index (χ1v) is 41.0. The number of guanidine groups is 1. The molecule has 109 heavy (non-hydrogen) atoms. The third-order valence-corrected chi connectivity index (χ3v) is 18.9. The first kappa shape index (κ1) is 96.9. The van der Waals surface area contributed by atoms with Crippen molar-refractivity contribution < 1.29 is 85.8 Å². The van der Waals surface area contributed by atoms with Crippen molar-refractivity contribution in [2.75, 3.05) is 69.8 Å². The zero-order chi connectivity index (χ0) is 80.5. The normalized spacial score (nSPS) is 13.1. The van der Waals surface area contributed by atoms with Gasteiger partial charge in [-0.15, -0.1) is 0 Å². The first-order valence-electron chi connectivity index (χ1n) is 39.5. The minimum Gasteiger partial charge on any atom is -0.481 e. The molecular weight excluding hydrogens is 1430 g/mol. The Hall–Kier alpha value is -8.22. The van der Waals surface area contributed by atoms with Gasteiger partial charge in [0.05, 0.1) is 32.7 Å². The van der Waals surface area contributed by atoms with E-state index in [1.54, 1.807) is 44.2 Å². The van der Waals surface area contributed by atoms with Crippen LogP contribution in [0.5, 0.6) is 0 Å². The molecule has 33 heteroatoms. The topological polar surface area (TPSA) is 495 Å². The van der Waals surface area contributed by atoms with Crippen LogP contribution in [0.15, 0.2) is 44.9 Å².